The molecular weight excluding hydrogens is 802 g/mol. The predicted octanol–water partition coefficient (Wildman–Crippen LogP) is 14.6. The van der Waals surface area contributed by atoms with Crippen LogP contribution in [-0.2, 0) is 32.7 Å². The number of aliphatic carboxylic acids is 1. The van der Waals surface area contributed by atoms with E-state index in [1.165, 1.54) is 135 Å². The van der Waals surface area contributed by atoms with Crippen LogP contribution in [0.2, 0.25) is 0 Å². The number of carbonyl (C=O) groups is 2. The molecule has 0 heterocycles. The molecular formula is C51H94NO9P. The molecule has 10 nitrogen and oxygen atoms in total. The summed E-state index contributed by atoms with van der Waals surface area (Å²) in [5.74, 6) is -1.78. The second-order valence-electron chi connectivity index (χ2n) is 16.9. The van der Waals surface area contributed by atoms with Gasteiger partial charge in [0.25, 0.3) is 0 Å². The van der Waals surface area contributed by atoms with Gasteiger partial charge in [-0.15, -0.1) is 0 Å². The van der Waals surface area contributed by atoms with Gasteiger partial charge in [-0.2, -0.15) is 0 Å². The molecule has 0 aliphatic carbocycles. The van der Waals surface area contributed by atoms with Crippen LogP contribution in [0.25, 0.3) is 0 Å². The maximum absolute atomic E-state index is 12.7. The normalized spacial score (nSPS) is 14.1. The first-order valence-electron chi connectivity index (χ1n) is 25.2. The minimum absolute atomic E-state index is 0.0108. The molecule has 0 aromatic carbocycles. The molecule has 0 saturated carbocycles. The number of allylic oxidation sites excluding steroid dienone is 8. The molecule has 0 saturated heterocycles. The van der Waals surface area contributed by atoms with E-state index >= 15 is 0 Å². The van der Waals surface area contributed by atoms with Crippen molar-refractivity contribution in [3.05, 3.63) is 48.6 Å². The summed E-state index contributed by atoms with van der Waals surface area (Å²) in [6.45, 7) is 3.78. The van der Waals surface area contributed by atoms with Crippen LogP contribution in [0, 0.1) is 0 Å². The summed E-state index contributed by atoms with van der Waals surface area (Å²) >= 11 is 0. The number of hydrogen-bond acceptors (Lipinski definition) is 8. The molecule has 0 aromatic rings. The van der Waals surface area contributed by atoms with Crippen molar-refractivity contribution in [1.29, 1.82) is 0 Å². The number of carboxylic acid groups (broad SMARTS) is 1. The number of unbranched alkanes of at least 4 members (excludes halogenated alkanes) is 26. The Bertz CT molecular complexity index is 1170. The molecule has 0 aromatic heterocycles. The Labute approximate surface area is 379 Å². The van der Waals surface area contributed by atoms with Crippen LogP contribution in [0.5, 0.6) is 0 Å². The van der Waals surface area contributed by atoms with Crippen LogP contribution < -0.4 is 5.73 Å². The van der Waals surface area contributed by atoms with E-state index in [9.17, 15) is 19.0 Å². The average Bonchev–Trinajstić information content (AvgIpc) is 3.25. The van der Waals surface area contributed by atoms with E-state index < -0.39 is 45.1 Å². The van der Waals surface area contributed by atoms with Crippen LogP contribution in [0.15, 0.2) is 48.6 Å². The van der Waals surface area contributed by atoms with Gasteiger partial charge in [-0.3, -0.25) is 18.6 Å². The van der Waals surface area contributed by atoms with E-state index in [1.807, 2.05) is 0 Å². The largest absolute Gasteiger partial charge is 0.480 e. The molecule has 0 amide bonds. The van der Waals surface area contributed by atoms with Gasteiger partial charge >= 0.3 is 19.8 Å². The number of carboxylic acids is 1. The van der Waals surface area contributed by atoms with E-state index in [1.54, 1.807) is 0 Å². The van der Waals surface area contributed by atoms with Crippen molar-refractivity contribution >= 4 is 19.8 Å². The minimum atomic E-state index is -4.62. The van der Waals surface area contributed by atoms with E-state index in [2.05, 4.69) is 62.5 Å². The monoisotopic (exact) mass is 896 g/mol. The third-order valence-electron chi connectivity index (χ3n) is 10.9. The number of esters is 1. The third-order valence-corrected chi connectivity index (χ3v) is 11.8. The summed E-state index contributed by atoms with van der Waals surface area (Å²) in [5.41, 5.74) is 5.37. The lowest BCUT2D eigenvalue weighted by atomic mass is 10.0. The van der Waals surface area contributed by atoms with Crippen molar-refractivity contribution < 1.29 is 42.7 Å². The third kappa shape index (κ3) is 45.9. The van der Waals surface area contributed by atoms with Crippen molar-refractivity contribution in [2.24, 2.45) is 5.73 Å². The number of phosphoric ester groups is 1. The van der Waals surface area contributed by atoms with Gasteiger partial charge < -0.3 is 25.2 Å². The van der Waals surface area contributed by atoms with Gasteiger partial charge in [-0.25, -0.2) is 4.57 Å². The number of ether oxygens (including phenoxy) is 2. The highest BCUT2D eigenvalue weighted by molar-refractivity contribution is 7.47. The Morgan fingerprint density at radius 3 is 1.40 bits per heavy atom. The van der Waals surface area contributed by atoms with Gasteiger partial charge in [-0.1, -0.05) is 217 Å². The number of phosphoric acid groups is 1. The zero-order valence-electron chi connectivity index (χ0n) is 39.7. The summed E-state index contributed by atoms with van der Waals surface area (Å²) in [5, 5.41) is 8.93. The molecule has 11 heteroatoms. The van der Waals surface area contributed by atoms with E-state index in [0.717, 1.165) is 64.2 Å². The molecule has 62 heavy (non-hydrogen) atoms. The quantitative estimate of drug-likeness (QED) is 0.0233. The molecule has 4 N–H and O–H groups in total. The van der Waals surface area contributed by atoms with Crippen molar-refractivity contribution in [2.45, 2.75) is 238 Å². The van der Waals surface area contributed by atoms with Crippen LogP contribution >= 0.6 is 7.82 Å². The second-order valence-corrected chi connectivity index (χ2v) is 18.4. The predicted molar refractivity (Wildman–Crippen MR) is 258 cm³/mol. The molecule has 0 bridgehead atoms. The van der Waals surface area contributed by atoms with Crippen molar-refractivity contribution in [2.75, 3.05) is 26.4 Å². The molecule has 362 valence electrons. The lowest BCUT2D eigenvalue weighted by Crippen LogP contribution is -2.34. The Kier molecular flexibility index (Phi) is 45.3. The Balaban J connectivity index is 4.16. The molecule has 0 rings (SSSR count). The average molecular weight is 896 g/mol. The summed E-state index contributed by atoms with van der Waals surface area (Å²) in [4.78, 5) is 33.7. The zero-order valence-corrected chi connectivity index (χ0v) is 40.6. The highest BCUT2D eigenvalue weighted by atomic mass is 31.2. The summed E-state index contributed by atoms with van der Waals surface area (Å²) in [7, 11) is -4.62. The van der Waals surface area contributed by atoms with Gasteiger partial charge in [0.2, 0.25) is 0 Å². The van der Waals surface area contributed by atoms with E-state index in [0.29, 0.717) is 13.0 Å². The highest BCUT2D eigenvalue weighted by Crippen LogP contribution is 2.43. The highest BCUT2D eigenvalue weighted by Gasteiger charge is 2.27. The fourth-order valence-electron chi connectivity index (χ4n) is 7.01. The molecule has 3 unspecified atom stereocenters. The molecule has 3 atom stereocenters. The Hall–Kier alpha value is -2.07. The zero-order chi connectivity index (χ0) is 45.5. The van der Waals surface area contributed by atoms with Gasteiger partial charge in [-0.05, 0) is 51.4 Å². The Morgan fingerprint density at radius 1 is 0.532 bits per heavy atom. The lowest BCUT2D eigenvalue weighted by molar-refractivity contribution is -0.154. The number of nitrogens with two attached hydrogens (primary N) is 1. The fraction of sp³-hybridized carbons (Fsp3) is 0.804. The van der Waals surface area contributed by atoms with Crippen LogP contribution in [0.1, 0.15) is 226 Å². The van der Waals surface area contributed by atoms with Gasteiger partial charge in [0, 0.05) is 13.0 Å². The first-order chi connectivity index (χ1) is 30.2. The topological polar surface area (TPSA) is 155 Å². The number of hydrogen-bond donors (Lipinski definition) is 3. The van der Waals surface area contributed by atoms with Crippen LogP contribution in [0.3, 0.4) is 0 Å². The second kappa shape index (κ2) is 46.9. The van der Waals surface area contributed by atoms with Gasteiger partial charge in [0.1, 0.15) is 12.1 Å². The van der Waals surface area contributed by atoms with E-state index in [-0.39, 0.29) is 13.0 Å². The molecule has 0 spiro atoms. The van der Waals surface area contributed by atoms with Gasteiger partial charge in [0.05, 0.1) is 19.8 Å². The first kappa shape index (κ1) is 59.9. The molecule has 0 aliphatic heterocycles. The lowest BCUT2D eigenvalue weighted by Gasteiger charge is -2.20. The SMILES string of the molecule is CC/C=C\C/C=C\C/C=C\C/C=C\CCCCCCCCCOCC(COP(=O)(O)OCC(N)C(=O)O)OC(=O)CCCCCCCCCCCCCCCCCCCCCC. The standard InChI is InChI=1S/C51H94NO9P/c1-3-5-7-9-11-13-15-17-19-21-23-25-27-29-31-33-35-37-39-41-43-50(53)61-48(46-59-62(56,57)60-47-49(52)51(54)55)45-58-44-42-40-38-36-34-32-30-28-26-24-22-20-18-16-14-12-10-8-6-4-2/h6,8,12,14,18,20,24,26,48-49H,3-5,7,9-11,13,15-17,19,21-23,25,27-47,52H2,1-2H3,(H,54,55)(H,56,57)/b8-6-,14-12-,20-18-,26-24-. The van der Waals surface area contributed by atoms with E-state index in [4.69, 9.17) is 29.4 Å². The maximum atomic E-state index is 12.7. The number of rotatable bonds is 48. The van der Waals surface area contributed by atoms with Gasteiger partial charge in [0.15, 0.2) is 0 Å². The van der Waals surface area contributed by atoms with Crippen molar-refractivity contribution in [3.63, 3.8) is 0 Å². The fourth-order valence-corrected chi connectivity index (χ4v) is 7.79. The molecule has 0 fully saturated rings. The molecule has 0 radical (unpaired) electrons. The first-order valence-corrected chi connectivity index (χ1v) is 26.7. The molecule has 0 aliphatic rings. The number of carbonyl (C=O) groups excluding carboxylic acids is 1. The van der Waals surface area contributed by atoms with Crippen molar-refractivity contribution in [1.82, 2.24) is 0 Å². The van der Waals surface area contributed by atoms with Crippen LogP contribution in [-0.4, -0.2) is 60.5 Å². The van der Waals surface area contributed by atoms with Crippen LogP contribution in [0.4, 0.5) is 0 Å². The Morgan fingerprint density at radius 2 is 0.935 bits per heavy atom. The smallest absolute Gasteiger partial charge is 0.472 e. The maximum Gasteiger partial charge on any atom is 0.472 e. The summed E-state index contributed by atoms with van der Waals surface area (Å²) in [6, 6.07) is -1.48. The minimum Gasteiger partial charge on any atom is -0.480 e. The van der Waals surface area contributed by atoms with Crippen molar-refractivity contribution in [3.8, 4) is 0 Å². The summed E-state index contributed by atoms with van der Waals surface area (Å²) < 4.78 is 33.5. The summed E-state index contributed by atoms with van der Waals surface area (Å²) in [6.07, 6.45) is 55.9.